The number of piperidine rings is 1. The van der Waals surface area contributed by atoms with Crippen LogP contribution in [-0.2, 0) is 23.9 Å². The van der Waals surface area contributed by atoms with Crippen LogP contribution < -0.4 is 0 Å². The lowest BCUT2D eigenvalue weighted by atomic mass is 9.97. The standard InChI is InChI=1S/C20H27F3N6O/c1-27(19(30)8-11-29-15-24-25-26-29)13-17-5-3-9-28(14-17)10-7-16-4-2-6-18(12-16)20(21,22)23/h2,4,6,12,15,17H,3,5,7-11,13-14H2,1H3/t17-/m1/s1. The maximum Gasteiger partial charge on any atom is 0.416 e. The topological polar surface area (TPSA) is 67.2 Å². The minimum absolute atomic E-state index is 0.0478. The van der Waals surface area contributed by atoms with E-state index in [1.54, 1.807) is 11.0 Å². The number of likely N-dealkylation sites (tertiary alicyclic amines) is 1. The minimum Gasteiger partial charge on any atom is -0.345 e. The molecular formula is C20H27F3N6O. The summed E-state index contributed by atoms with van der Waals surface area (Å²) < 4.78 is 40.2. The number of aromatic nitrogens is 4. The predicted molar refractivity (Wildman–Crippen MR) is 104 cm³/mol. The van der Waals surface area contributed by atoms with Crippen LogP contribution in [-0.4, -0.2) is 69.1 Å². The number of carbonyl (C=O) groups is 1. The van der Waals surface area contributed by atoms with E-state index in [0.717, 1.165) is 38.5 Å². The number of amides is 1. The van der Waals surface area contributed by atoms with Crippen LogP contribution in [0.3, 0.4) is 0 Å². The van der Waals surface area contributed by atoms with Crippen molar-refractivity contribution in [1.82, 2.24) is 30.0 Å². The zero-order valence-electron chi connectivity index (χ0n) is 17.1. The van der Waals surface area contributed by atoms with Crippen LogP contribution in [0.4, 0.5) is 13.2 Å². The molecule has 7 nitrogen and oxygen atoms in total. The number of benzene rings is 1. The number of alkyl halides is 3. The molecule has 0 N–H and O–H groups in total. The van der Waals surface area contributed by atoms with Crippen LogP contribution in [0.15, 0.2) is 30.6 Å². The molecule has 1 saturated heterocycles. The van der Waals surface area contributed by atoms with Gasteiger partial charge in [0.2, 0.25) is 5.91 Å². The van der Waals surface area contributed by atoms with E-state index in [4.69, 9.17) is 0 Å². The van der Waals surface area contributed by atoms with Gasteiger partial charge >= 0.3 is 6.18 Å². The van der Waals surface area contributed by atoms with E-state index >= 15 is 0 Å². The van der Waals surface area contributed by atoms with Crippen LogP contribution in [0.1, 0.15) is 30.4 Å². The summed E-state index contributed by atoms with van der Waals surface area (Å²) in [5.41, 5.74) is 0.0974. The Bertz CT molecular complexity index is 811. The third-order valence-electron chi connectivity index (χ3n) is 5.48. The van der Waals surface area contributed by atoms with E-state index in [-0.39, 0.29) is 5.91 Å². The van der Waals surface area contributed by atoms with Crippen molar-refractivity contribution >= 4 is 5.91 Å². The molecule has 0 saturated carbocycles. The zero-order valence-corrected chi connectivity index (χ0v) is 17.1. The molecule has 1 aliphatic rings. The summed E-state index contributed by atoms with van der Waals surface area (Å²) in [6.45, 7) is 3.63. The van der Waals surface area contributed by atoms with Crippen LogP contribution in [0, 0.1) is 5.92 Å². The molecule has 2 aromatic rings. The number of halogens is 3. The van der Waals surface area contributed by atoms with Gasteiger partial charge in [-0.25, -0.2) is 4.68 Å². The molecular weight excluding hydrogens is 397 g/mol. The summed E-state index contributed by atoms with van der Waals surface area (Å²) in [6.07, 6.45) is 0.167. The first kappa shape index (κ1) is 22.2. The van der Waals surface area contributed by atoms with E-state index in [1.165, 1.54) is 23.1 Å². The van der Waals surface area contributed by atoms with Gasteiger partial charge in [-0.15, -0.1) is 5.10 Å². The normalized spacial score (nSPS) is 17.8. The molecule has 2 heterocycles. The monoisotopic (exact) mass is 424 g/mol. The molecule has 0 spiro atoms. The highest BCUT2D eigenvalue weighted by molar-refractivity contribution is 5.75. The lowest BCUT2D eigenvalue weighted by molar-refractivity contribution is -0.137. The van der Waals surface area contributed by atoms with Gasteiger partial charge in [-0.1, -0.05) is 18.2 Å². The number of nitrogens with zero attached hydrogens (tertiary/aromatic N) is 6. The molecule has 1 fully saturated rings. The number of hydrogen-bond acceptors (Lipinski definition) is 5. The van der Waals surface area contributed by atoms with Crippen molar-refractivity contribution in [2.24, 2.45) is 5.92 Å². The molecule has 1 aromatic carbocycles. The first-order valence-electron chi connectivity index (χ1n) is 10.1. The summed E-state index contributed by atoms with van der Waals surface area (Å²) >= 11 is 0. The van der Waals surface area contributed by atoms with Gasteiger partial charge in [0.15, 0.2) is 0 Å². The number of rotatable bonds is 8. The second-order valence-corrected chi connectivity index (χ2v) is 7.85. The van der Waals surface area contributed by atoms with Gasteiger partial charge < -0.3 is 9.80 Å². The van der Waals surface area contributed by atoms with Crippen molar-refractivity contribution in [2.75, 3.05) is 33.2 Å². The molecule has 0 bridgehead atoms. The highest BCUT2D eigenvalue weighted by Gasteiger charge is 2.30. The Hall–Kier alpha value is -2.49. The summed E-state index contributed by atoms with van der Waals surface area (Å²) in [7, 11) is 1.81. The van der Waals surface area contributed by atoms with Crippen molar-refractivity contribution in [2.45, 2.75) is 38.4 Å². The number of hydrogen-bond donors (Lipinski definition) is 0. The fourth-order valence-corrected chi connectivity index (χ4v) is 3.87. The van der Waals surface area contributed by atoms with E-state index in [9.17, 15) is 18.0 Å². The number of carbonyl (C=O) groups excluding carboxylic acids is 1. The zero-order chi connectivity index (χ0) is 21.6. The van der Waals surface area contributed by atoms with Crippen LogP contribution in [0.25, 0.3) is 0 Å². The van der Waals surface area contributed by atoms with Gasteiger partial charge in [-0.2, -0.15) is 13.2 Å². The molecule has 1 amide bonds. The Kier molecular flexibility index (Phi) is 7.41. The van der Waals surface area contributed by atoms with E-state index in [2.05, 4.69) is 20.4 Å². The molecule has 0 unspecified atom stereocenters. The van der Waals surface area contributed by atoms with Gasteiger partial charge in [-0.3, -0.25) is 4.79 Å². The van der Waals surface area contributed by atoms with Gasteiger partial charge in [-0.05, 0) is 53.8 Å². The number of tetrazole rings is 1. The van der Waals surface area contributed by atoms with Crippen molar-refractivity contribution in [3.05, 3.63) is 41.7 Å². The minimum atomic E-state index is -4.31. The molecule has 1 aromatic heterocycles. The molecule has 164 valence electrons. The molecule has 1 aliphatic heterocycles. The van der Waals surface area contributed by atoms with Crippen LogP contribution >= 0.6 is 0 Å². The fourth-order valence-electron chi connectivity index (χ4n) is 3.87. The van der Waals surface area contributed by atoms with E-state index < -0.39 is 11.7 Å². The molecule has 3 rings (SSSR count). The Morgan fingerprint density at radius 1 is 1.30 bits per heavy atom. The molecule has 10 heteroatoms. The Balaban J connectivity index is 1.44. The largest absolute Gasteiger partial charge is 0.416 e. The summed E-state index contributed by atoms with van der Waals surface area (Å²) in [4.78, 5) is 16.4. The van der Waals surface area contributed by atoms with Crippen molar-refractivity contribution < 1.29 is 18.0 Å². The first-order valence-corrected chi connectivity index (χ1v) is 10.1. The third-order valence-corrected chi connectivity index (χ3v) is 5.48. The number of aryl methyl sites for hydroxylation is 1. The molecule has 1 atom stereocenters. The van der Waals surface area contributed by atoms with E-state index in [0.29, 0.717) is 37.4 Å². The highest BCUT2D eigenvalue weighted by atomic mass is 19.4. The molecule has 0 radical (unpaired) electrons. The predicted octanol–water partition coefficient (Wildman–Crippen LogP) is 2.50. The Morgan fingerprint density at radius 2 is 2.13 bits per heavy atom. The molecule has 0 aliphatic carbocycles. The van der Waals surface area contributed by atoms with Gasteiger partial charge in [0.25, 0.3) is 0 Å². The third kappa shape index (κ3) is 6.51. The SMILES string of the molecule is CN(C[C@H]1CCCN(CCc2cccc(C(F)(F)F)c2)C1)C(=O)CCn1cnnn1. The lowest BCUT2D eigenvalue weighted by Gasteiger charge is -2.34. The summed E-state index contributed by atoms with van der Waals surface area (Å²) in [5.74, 6) is 0.411. The van der Waals surface area contributed by atoms with Gasteiger partial charge in [0.05, 0.1) is 12.1 Å². The second-order valence-electron chi connectivity index (χ2n) is 7.85. The maximum absolute atomic E-state index is 12.9. The summed E-state index contributed by atoms with van der Waals surface area (Å²) in [5, 5.41) is 10.9. The quantitative estimate of drug-likeness (QED) is 0.652. The van der Waals surface area contributed by atoms with Crippen LogP contribution in [0.5, 0.6) is 0 Å². The van der Waals surface area contributed by atoms with Crippen molar-refractivity contribution in [3.8, 4) is 0 Å². The van der Waals surface area contributed by atoms with Gasteiger partial charge in [0, 0.05) is 33.1 Å². The average molecular weight is 424 g/mol. The van der Waals surface area contributed by atoms with Gasteiger partial charge in [0.1, 0.15) is 6.33 Å². The Morgan fingerprint density at radius 3 is 2.87 bits per heavy atom. The van der Waals surface area contributed by atoms with Crippen molar-refractivity contribution in [3.63, 3.8) is 0 Å². The molecule has 30 heavy (non-hydrogen) atoms. The van der Waals surface area contributed by atoms with Crippen LogP contribution in [0.2, 0.25) is 0 Å². The smallest absolute Gasteiger partial charge is 0.345 e. The first-order chi connectivity index (χ1) is 14.3. The summed E-state index contributed by atoms with van der Waals surface area (Å²) in [6, 6.07) is 5.55. The Labute approximate surface area is 173 Å². The van der Waals surface area contributed by atoms with E-state index in [1.807, 2.05) is 7.05 Å². The maximum atomic E-state index is 12.9. The second kappa shape index (κ2) is 10.0. The average Bonchev–Trinajstić information content (AvgIpc) is 3.24. The lowest BCUT2D eigenvalue weighted by Crippen LogP contribution is -2.42. The fraction of sp³-hybridized carbons (Fsp3) is 0.600. The van der Waals surface area contributed by atoms with Crippen molar-refractivity contribution in [1.29, 1.82) is 0 Å². The highest BCUT2D eigenvalue weighted by Crippen LogP contribution is 2.29.